The standard InChI is InChI=1S/C16H30N2O3/c1-13(14-4-2-6-17-11-14)10-16(19)18-7-3-8-21-15-5-9-20-12-15/h13-15,17H,2-12H2,1H3,(H,18,19). The number of piperidine rings is 1. The highest BCUT2D eigenvalue weighted by Crippen LogP contribution is 2.22. The van der Waals surface area contributed by atoms with E-state index in [1.807, 2.05) is 0 Å². The Labute approximate surface area is 128 Å². The van der Waals surface area contributed by atoms with Gasteiger partial charge < -0.3 is 20.1 Å². The Morgan fingerprint density at radius 3 is 3.10 bits per heavy atom. The quantitative estimate of drug-likeness (QED) is 0.664. The highest BCUT2D eigenvalue weighted by Gasteiger charge is 2.21. The largest absolute Gasteiger partial charge is 0.379 e. The summed E-state index contributed by atoms with van der Waals surface area (Å²) in [7, 11) is 0. The zero-order valence-electron chi connectivity index (χ0n) is 13.2. The van der Waals surface area contributed by atoms with Crippen LogP contribution in [0, 0.1) is 11.8 Å². The Morgan fingerprint density at radius 2 is 2.38 bits per heavy atom. The number of carbonyl (C=O) groups is 1. The third-order valence-corrected chi connectivity index (χ3v) is 4.53. The molecular weight excluding hydrogens is 268 g/mol. The molecule has 0 spiro atoms. The number of hydrogen-bond acceptors (Lipinski definition) is 4. The van der Waals surface area contributed by atoms with E-state index in [1.165, 1.54) is 12.8 Å². The lowest BCUT2D eigenvalue weighted by atomic mass is 9.85. The minimum Gasteiger partial charge on any atom is -0.379 e. The summed E-state index contributed by atoms with van der Waals surface area (Å²) in [5.41, 5.74) is 0. The van der Waals surface area contributed by atoms with Gasteiger partial charge in [-0.05, 0) is 50.6 Å². The number of ether oxygens (including phenoxy) is 2. The van der Waals surface area contributed by atoms with Crippen molar-refractivity contribution in [1.82, 2.24) is 10.6 Å². The molecule has 0 aromatic rings. The third-order valence-electron chi connectivity index (χ3n) is 4.53. The molecule has 0 radical (unpaired) electrons. The summed E-state index contributed by atoms with van der Waals surface area (Å²) in [6.45, 7) is 7.33. The van der Waals surface area contributed by atoms with E-state index in [0.717, 1.165) is 39.1 Å². The predicted octanol–water partition coefficient (Wildman–Crippen LogP) is 1.32. The summed E-state index contributed by atoms with van der Waals surface area (Å²) in [5.74, 6) is 1.29. The van der Waals surface area contributed by atoms with Crippen molar-refractivity contribution in [3.05, 3.63) is 0 Å². The van der Waals surface area contributed by atoms with E-state index in [4.69, 9.17) is 9.47 Å². The number of carbonyl (C=O) groups excluding carboxylic acids is 1. The summed E-state index contributed by atoms with van der Waals surface area (Å²) in [6, 6.07) is 0. The Morgan fingerprint density at radius 1 is 1.48 bits per heavy atom. The first-order valence-corrected chi connectivity index (χ1v) is 8.42. The summed E-state index contributed by atoms with van der Waals surface area (Å²) in [4.78, 5) is 11.9. The highest BCUT2D eigenvalue weighted by atomic mass is 16.5. The van der Waals surface area contributed by atoms with Gasteiger partial charge in [-0.1, -0.05) is 6.92 Å². The van der Waals surface area contributed by atoms with Crippen LogP contribution in [0.1, 0.15) is 39.0 Å². The maximum Gasteiger partial charge on any atom is 0.220 e. The molecular formula is C16H30N2O3. The first-order chi connectivity index (χ1) is 10.3. The molecule has 0 aliphatic carbocycles. The van der Waals surface area contributed by atoms with Gasteiger partial charge in [0.25, 0.3) is 0 Å². The van der Waals surface area contributed by atoms with Crippen LogP contribution in [0.5, 0.6) is 0 Å². The molecule has 21 heavy (non-hydrogen) atoms. The second-order valence-electron chi connectivity index (χ2n) is 6.35. The molecule has 3 atom stereocenters. The van der Waals surface area contributed by atoms with Gasteiger partial charge in [0.2, 0.25) is 5.91 Å². The van der Waals surface area contributed by atoms with Gasteiger partial charge in [0.05, 0.1) is 12.7 Å². The van der Waals surface area contributed by atoms with Gasteiger partial charge >= 0.3 is 0 Å². The van der Waals surface area contributed by atoms with Crippen LogP contribution in [-0.2, 0) is 14.3 Å². The van der Waals surface area contributed by atoms with Crippen molar-refractivity contribution in [2.75, 3.05) is 39.5 Å². The Kier molecular flexibility index (Phi) is 7.47. The number of hydrogen-bond donors (Lipinski definition) is 2. The van der Waals surface area contributed by atoms with Crippen molar-refractivity contribution in [2.45, 2.75) is 45.1 Å². The number of rotatable bonds is 8. The minimum atomic E-state index is 0.178. The van der Waals surface area contributed by atoms with E-state index in [9.17, 15) is 4.79 Å². The van der Waals surface area contributed by atoms with Gasteiger partial charge in [0.1, 0.15) is 0 Å². The van der Waals surface area contributed by atoms with E-state index in [-0.39, 0.29) is 12.0 Å². The second kappa shape index (κ2) is 9.38. The van der Waals surface area contributed by atoms with Crippen molar-refractivity contribution in [2.24, 2.45) is 11.8 Å². The fourth-order valence-corrected chi connectivity index (χ4v) is 3.09. The van der Waals surface area contributed by atoms with Crippen LogP contribution >= 0.6 is 0 Å². The van der Waals surface area contributed by atoms with E-state index in [1.54, 1.807) is 0 Å². The van der Waals surface area contributed by atoms with Crippen molar-refractivity contribution in [1.29, 1.82) is 0 Å². The fourth-order valence-electron chi connectivity index (χ4n) is 3.09. The third kappa shape index (κ3) is 6.32. The molecule has 0 saturated carbocycles. The van der Waals surface area contributed by atoms with Crippen LogP contribution in [0.2, 0.25) is 0 Å². The zero-order chi connectivity index (χ0) is 14.9. The average Bonchev–Trinajstić information content (AvgIpc) is 3.01. The molecule has 5 heteroatoms. The molecule has 2 saturated heterocycles. The van der Waals surface area contributed by atoms with E-state index < -0.39 is 0 Å². The van der Waals surface area contributed by atoms with Gasteiger partial charge in [-0.2, -0.15) is 0 Å². The molecule has 2 aliphatic heterocycles. The highest BCUT2D eigenvalue weighted by molar-refractivity contribution is 5.76. The van der Waals surface area contributed by atoms with Gasteiger partial charge in [0, 0.05) is 26.2 Å². The smallest absolute Gasteiger partial charge is 0.220 e. The molecule has 0 bridgehead atoms. The number of amides is 1. The van der Waals surface area contributed by atoms with Crippen LogP contribution in [-0.4, -0.2) is 51.5 Å². The summed E-state index contributed by atoms with van der Waals surface area (Å²) in [5, 5.41) is 6.42. The lowest BCUT2D eigenvalue weighted by molar-refractivity contribution is -0.122. The fraction of sp³-hybridized carbons (Fsp3) is 0.938. The molecule has 2 aliphatic rings. The minimum absolute atomic E-state index is 0.178. The summed E-state index contributed by atoms with van der Waals surface area (Å²) >= 11 is 0. The SMILES string of the molecule is CC(CC(=O)NCCCOC1CCOC1)C1CCCNC1. The summed E-state index contributed by atoms with van der Waals surface area (Å²) in [6.07, 6.45) is 5.27. The van der Waals surface area contributed by atoms with Crippen LogP contribution in [0.25, 0.3) is 0 Å². The van der Waals surface area contributed by atoms with Gasteiger partial charge in [-0.25, -0.2) is 0 Å². The monoisotopic (exact) mass is 298 g/mol. The second-order valence-corrected chi connectivity index (χ2v) is 6.35. The lowest BCUT2D eigenvalue weighted by Gasteiger charge is -2.28. The van der Waals surface area contributed by atoms with E-state index in [2.05, 4.69) is 17.6 Å². The maximum absolute atomic E-state index is 11.9. The Balaban J connectivity index is 1.48. The van der Waals surface area contributed by atoms with Crippen molar-refractivity contribution < 1.29 is 14.3 Å². The molecule has 3 unspecified atom stereocenters. The van der Waals surface area contributed by atoms with E-state index >= 15 is 0 Å². The van der Waals surface area contributed by atoms with Crippen molar-refractivity contribution in [3.63, 3.8) is 0 Å². The van der Waals surface area contributed by atoms with Crippen molar-refractivity contribution in [3.8, 4) is 0 Å². The first-order valence-electron chi connectivity index (χ1n) is 8.42. The molecule has 2 N–H and O–H groups in total. The van der Waals surface area contributed by atoms with Gasteiger partial charge in [-0.15, -0.1) is 0 Å². The average molecular weight is 298 g/mol. The molecule has 0 aromatic carbocycles. The van der Waals surface area contributed by atoms with Crippen LogP contribution < -0.4 is 10.6 Å². The molecule has 2 fully saturated rings. The Bertz CT molecular complexity index is 300. The predicted molar refractivity (Wildman–Crippen MR) is 82.2 cm³/mol. The maximum atomic E-state index is 11.9. The Hall–Kier alpha value is -0.650. The van der Waals surface area contributed by atoms with Crippen molar-refractivity contribution >= 4 is 5.91 Å². The molecule has 1 amide bonds. The summed E-state index contributed by atoms with van der Waals surface area (Å²) < 4.78 is 10.9. The molecule has 5 nitrogen and oxygen atoms in total. The van der Waals surface area contributed by atoms with E-state index in [0.29, 0.717) is 31.4 Å². The normalized spacial score (nSPS) is 27.5. The molecule has 122 valence electrons. The van der Waals surface area contributed by atoms with Gasteiger partial charge in [-0.3, -0.25) is 4.79 Å². The molecule has 2 heterocycles. The zero-order valence-corrected chi connectivity index (χ0v) is 13.2. The van der Waals surface area contributed by atoms with Gasteiger partial charge in [0.15, 0.2) is 0 Å². The molecule has 0 aromatic heterocycles. The number of nitrogens with one attached hydrogen (secondary N) is 2. The topological polar surface area (TPSA) is 59.6 Å². The van der Waals surface area contributed by atoms with Crippen LogP contribution in [0.3, 0.4) is 0 Å². The molecule has 2 rings (SSSR count). The van der Waals surface area contributed by atoms with Crippen LogP contribution in [0.15, 0.2) is 0 Å². The van der Waals surface area contributed by atoms with Crippen LogP contribution in [0.4, 0.5) is 0 Å². The first kappa shape index (κ1) is 16.7. The lowest BCUT2D eigenvalue weighted by Crippen LogP contribution is -2.35.